The Hall–Kier alpha value is -2.85. The number of phenols is 1. The average Bonchev–Trinajstić information content (AvgIpc) is 3.47. The number of amides is 1. The number of hydrogen-bond donors (Lipinski definition) is 4. The predicted octanol–water partition coefficient (Wildman–Crippen LogP) is 3.13. The zero-order valence-corrected chi connectivity index (χ0v) is 21.6. The monoisotopic (exact) mass is 497 g/mol. The lowest BCUT2D eigenvalue weighted by Gasteiger charge is -2.35. The molecule has 3 aliphatic heterocycles. The number of benzene rings is 1. The Bertz CT molecular complexity index is 1110. The van der Waals surface area contributed by atoms with Crippen LogP contribution in [-0.4, -0.2) is 64.0 Å². The van der Waals surface area contributed by atoms with Gasteiger partial charge in [-0.3, -0.25) is 10.1 Å². The zero-order chi connectivity index (χ0) is 25.3. The molecule has 1 amide bonds. The SMILES string of the molecule is CC1CC=C([C@H](NC2N=C(N)C(N)=NC2=Nc2cccc(C(=O)N3CCCC3)c2O)C(C)(C)C)S1. The summed E-state index contributed by atoms with van der Waals surface area (Å²) < 4.78 is 0. The predicted molar refractivity (Wildman–Crippen MR) is 144 cm³/mol. The molecule has 1 fully saturated rings. The van der Waals surface area contributed by atoms with Gasteiger partial charge in [0.05, 0.1) is 5.56 Å². The van der Waals surface area contributed by atoms with Gasteiger partial charge in [-0.1, -0.05) is 39.8 Å². The van der Waals surface area contributed by atoms with Crippen LogP contribution in [0.15, 0.2) is 44.2 Å². The number of nitrogens with zero attached hydrogens (tertiary/aromatic N) is 4. The Morgan fingerprint density at radius 1 is 1.26 bits per heavy atom. The molecule has 3 atom stereocenters. The van der Waals surface area contributed by atoms with Crippen molar-refractivity contribution in [2.24, 2.45) is 31.9 Å². The molecule has 4 rings (SSSR count). The van der Waals surface area contributed by atoms with Crippen LogP contribution in [0.2, 0.25) is 0 Å². The first kappa shape index (κ1) is 25.2. The molecule has 0 bridgehead atoms. The highest BCUT2D eigenvalue weighted by atomic mass is 32.2. The molecule has 0 aliphatic carbocycles. The van der Waals surface area contributed by atoms with E-state index in [0.29, 0.717) is 18.3 Å². The normalized spacial score (nSPS) is 24.9. The number of para-hydroxylation sites is 1. The van der Waals surface area contributed by atoms with Gasteiger partial charge in [-0.25, -0.2) is 15.0 Å². The summed E-state index contributed by atoms with van der Waals surface area (Å²) in [5.74, 6) is 0.113. The van der Waals surface area contributed by atoms with Gasteiger partial charge in [0.25, 0.3) is 5.91 Å². The van der Waals surface area contributed by atoms with Crippen molar-refractivity contribution >= 4 is 40.9 Å². The average molecular weight is 498 g/mol. The summed E-state index contributed by atoms with van der Waals surface area (Å²) in [6.07, 6.45) is 4.56. The van der Waals surface area contributed by atoms with E-state index in [0.717, 1.165) is 19.3 Å². The van der Waals surface area contributed by atoms with E-state index >= 15 is 0 Å². The van der Waals surface area contributed by atoms with Crippen molar-refractivity contribution < 1.29 is 9.90 Å². The Labute approximate surface area is 210 Å². The van der Waals surface area contributed by atoms with Crippen molar-refractivity contribution in [3.05, 3.63) is 34.7 Å². The molecule has 0 spiro atoms. The smallest absolute Gasteiger partial charge is 0.257 e. The van der Waals surface area contributed by atoms with Crippen LogP contribution in [0.5, 0.6) is 5.75 Å². The number of amidine groups is 3. The molecule has 10 heteroatoms. The number of aliphatic imine (C=N–C) groups is 3. The highest BCUT2D eigenvalue weighted by molar-refractivity contribution is 8.04. The first-order chi connectivity index (χ1) is 16.5. The fourth-order valence-electron chi connectivity index (χ4n) is 4.42. The molecular formula is C25H35N7O2S. The van der Waals surface area contributed by atoms with E-state index in [-0.39, 0.29) is 51.9 Å². The van der Waals surface area contributed by atoms with Crippen molar-refractivity contribution in [2.75, 3.05) is 13.1 Å². The van der Waals surface area contributed by atoms with Gasteiger partial charge in [-0.05, 0) is 41.7 Å². The van der Waals surface area contributed by atoms with Crippen molar-refractivity contribution in [1.82, 2.24) is 10.2 Å². The molecule has 6 N–H and O–H groups in total. The quantitative estimate of drug-likeness (QED) is 0.492. The van der Waals surface area contributed by atoms with Crippen LogP contribution in [0.1, 0.15) is 57.3 Å². The molecule has 0 radical (unpaired) electrons. The standard InChI is InChI=1S/C25H35N7O2S/c1-14-10-11-17(35-14)19(25(2,3)4)29-23-22(30-20(26)21(27)31-23)28-16-9-7-8-15(18(16)33)24(34)32-12-5-6-13-32/h7-9,11,14,19,23,29,33H,5-6,10,12-13H2,1-4H3,(H2,27,31)(H2,26,28,30)/t14?,19-,23?/m0/s1. The Balaban J connectivity index is 1.67. The summed E-state index contributed by atoms with van der Waals surface area (Å²) in [6.45, 7) is 10.1. The van der Waals surface area contributed by atoms with Gasteiger partial charge in [-0.15, -0.1) is 11.8 Å². The van der Waals surface area contributed by atoms with Crippen LogP contribution in [0.4, 0.5) is 5.69 Å². The van der Waals surface area contributed by atoms with E-state index < -0.39 is 6.17 Å². The highest BCUT2D eigenvalue weighted by Gasteiger charge is 2.35. The number of carbonyl (C=O) groups excluding carboxylic acids is 1. The number of allylic oxidation sites excluding steroid dienone is 1. The minimum absolute atomic E-state index is 0.0181. The molecule has 0 saturated carbocycles. The van der Waals surface area contributed by atoms with Gasteiger partial charge in [0.1, 0.15) is 5.69 Å². The molecular weight excluding hydrogens is 462 g/mol. The number of aromatic hydroxyl groups is 1. The summed E-state index contributed by atoms with van der Waals surface area (Å²) >= 11 is 1.85. The van der Waals surface area contributed by atoms with Crippen LogP contribution in [0.3, 0.4) is 0 Å². The van der Waals surface area contributed by atoms with Crippen LogP contribution < -0.4 is 16.8 Å². The van der Waals surface area contributed by atoms with Gasteiger partial charge in [0.15, 0.2) is 29.4 Å². The highest BCUT2D eigenvalue weighted by Crippen LogP contribution is 2.40. The first-order valence-electron chi connectivity index (χ1n) is 12.0. The van der Waals surface area contributed by atoms with E-state index in [1.165, 1.54) is 4.91 Å². The lowest BCUT2D eigenvalue weighted by atomic mass is 9.86. The van der Waals surface area contributed by atoms with Gasteiger partial charge in [-0.2, -0.15) is 0 Å². The fourth-order valence-corrected chi connectivity index (χ4v) is 5.83. The van der Waals surface area contributed by atoms with Gasteiger partial charge in [0, 0.05) is 24.4 Å². The molecule has 0 aromatic heterocycles. The molecule has 35 heavy (non-hydrogen) atoms. The third kappa shape index (κ3) is 5.54. The molecule has 1 aromatic carbocycles. The summed E-state index contributed by atoms with van der Waals surface area (Å²) in [5.41, 5.74) is 12.4. The molecule has 9 nitrogen and oxygen atoms in total. The van der Waals surface area contributed by atoms with Crippen molar-refractivity contribution in [1.29, 1.82) is 0 Å². The number of rotatable bonds is 5. The van der Waals surface area contributed by atoms with Crippen LogP contribution in [-0.2, 0) is 0 Å². The van der Waals surface area contributed by atoms with Gasteiger partial charge in [0.2, 0.25) is 0 Å². The van der Waals surface area contributed by atoms with Crippen molar-refractivity contribution in [3.8, 4) is 5.75 Å². The minimum Gasteiger partial charge on any atom is -0.505 e. The van der Waals surface area contributed by atoms with Crippen molar-refractivity contribution in [2.45, 2.75) is 64.4 Å². The third-order valence-electron chi connectivity index (χ3n) is 6.35. The Morgan fingerprint density at radius 2 is 1.97 bits per heavy atom. The third-order valence-corrected chi connectivity index (χ3v) is 7.62. The minimum atomic E-state index is -0.665. The van der Waals surface area contributed by atoms with Gasteiger partial charge < -0.3 is 21.5 Å². The number of nitrogens with two attached hydrogens (primary N) is 2. The number of likely N-dealkylation sites (tertiary alicyclic amines) is 1. The summed E-state index contributed by atoms with van der Waals surface area (Å²) in [4.78, 5) is 29.5. The Kier molecular flexibility index (Phi) is 7.23. The van der Waals surface area contributed by atoms with Crippen LogP contribution in [0, 0.1) is 5.41 Å². The first-order valence-corrected chi connectivity index (χ1v) is 12.9. The maximum atomic E-state index is 12.9. The van der Waals surface area contributed by atoms with E-state index in [2.05, 4.69) is 54.1 Å². The summed E-state index contributed by atoms with van der Waals surface area (Å²) in [7, 11) is 0. The van der Waals surface area contributed by atoms with E-state index in [4.69, 9.17) is 11.5 Å². The number of nitrogens with one attached hydrogen (secondary N) is 1. The fraction of sp³-hybridized carbons (Fsp3) is 0.520. The number of hydrogen-bond acceptors (Lipinski definition) is 8. The zero-order valence-electron chi connectivity index (χ0n) is 20.8. The van der Waals surface area contributed by atoms with Crippen molar-refractivity contribution in [3.63, 3.8) is 0 Å². The van der Waals surface area contributed by atoms with E-state index in [1.807, 2.05) is 11.8 Å². The van der Waals surface area contributed by atoms with E-state index in [9.17, 15) is 9.90 Å². The molecule has 1 saturated heterocycles. The molecule has 188 valence electrons. The maximum Gasteiger partial charge on any atom is 0.257 e. The second-order valence-electron chi connectivity index (χ2n) is 10.3. The lowest BCUT2D eigenvalue weighted by molar-refractivity contribution is 0.0790. The summed E-state index contributed by atoms with van der Waals surface area (Å²) in [6, 6.07) is 4.95. The second-order valence-corrected chi connectivity index (χ2v) is 11.8. The number of carbonyl (C=O) groups is 1. The van der Waals surface area contributed by atoms with Crippen LogP contribution >= 0.6 is 11.8 Å². The number of thioether (sulfide) groups is 1. The van der Waals surface area contributed by atoms with E-state index in [1.54, 1.807) is 23.1 Å². The molecule has 1 aromatic rings. The maximum absolute atomic E-state index is 12.9. The van der Waals surface area contributed by atoms with Gasteiger partial charge >= 0.3 is 0 Å². The van der Waals surface area contributed by atoms with Crippen LogP contribution in [0.25, 0.3) is 0 Å². The summed E-state index contributed by atoms with van der Waals surface area (Å²) in [5, 5.41) is 15.0. The number of phenolic OH excluding ortho intramolecular Hbond substituents is 1. The molecule has 2 unspecified atom stereocenters. The lowest BCUT2D eigenvalue weighted by Crippen LogP contribution is -2.52. The largest absolute Gasteiger partial charge is 0.505 e. The molecule has 3 heterocycles. The Morgan fingerprint density at radius 3 is 2.60 bits per heavy atom. The molecule has 3 aliphatic rings. The second kappa shape index (κ2) is 10.0. The topological polar surface area (TPSA) is 142 Å².